The normalized spacial score (nSPS) is 14.5. The summed E-state index contributed by atoms with van der Waals surface area (Å²) in [5.41, 5.74) is 5.11. The number of hydrogen-bond donors (Lipinski definition) is 5. The third-order valence-corrected chi connectivity index (χ3v) is 7.74. The lowest BCUT2D eigenvalue weighted by Gasteiger charge is -2.19. The Morgan fingerprint density at radius 3 is 2.49 bits per heavy atom. The Bertz CT molecular complexity index is 1510. The molecule has 2 unspecified atom stereocenters. The van der Waals surface area contributed by atoms with Crippen molar-refractivity contribution in [2.45, 2.75) is 45.2 Å². The number of aryl methyl sites for hydroxylation is 3. The molecule has 0 heterocycles. The number of nitrogens with one attached hydrogen (secondary N) is 4. The van der Waals surface area contributed by atoms with Crippen LogP contribution in [-0.2, 0) is 22.4 Å². The zero-order valence-electron chi connectivity index (χ0n) is 22.5. The maximum Gasteiger partial charge on any atom is 0.328 e. The highest BCUT2D eigenvalue weighted by Gasteiger charge is 2.27. The number of halogens is 2. The highest BCUT2D eigenvalue weighted by atomic mass is 35.5. The van der Waals surface area contributed by atoms with Crippen LogP contribution in [0.3, 0.4) is 0 Å². The summed E-state index contributed by atoms with van der Waals surface area (Å²) in [6, 6.07) is 14.1. The minimum Gasteiger partial charge on any atom is -0.480 e. The number of aliphatic carboxylic acids is 1. The highest BCUT2D eigenvalue weighted by molar-refractivity contribution is 6.41. The molecule has 4 amide bonds. The van der Waals surface area contributed by atoms with Gasteiger partial charge in [-0.15, -0.1) is 0 Å². The molecule has 214 valence electrons. The number of hydrogen-bond acceptors (Lipinski definition) is 4. The van der Waals surface area contributed by atoms with E-state index in [0.717, 1.165) is 40.7 Å². The number of carboxylic acid groups (broad SMARTS) is 1. The predicted molar refractivity (Wildman–Crippen MR) is 158 cm³/mol. The first kappa shape index (κ1) is 29.9. The van der Waals surface area contributed by atoms with Crippen LogP contribution >= 0.6 is 23.2 Å². The summed E-state index contributed by atoms with van der Waals surface area (Å²) in [6.07, 6.45) is 1.66. The van der Waals surface area contributed by atoms with Crippen LogP contribution in [0.4, 0.5) is 10.5 Å². The largest absolute Gasteiger partial charge is 0.480 e. The van der Waals surface area contributed by atoms with E-state index in [4.69, 9.17) is 23.2 Å². The van der Waals surface area contributed by atoms with Crippen LogP contribution in [0, 0.1) is 13.8 Å². The molecule has 2 atom stereocenters. The molecule has 0 bridgehead atoms. The third kappa shape index (κ3) is 7.36. The molecule has 3 aromatic carbocycles. The van der Waals surface area contributed by atoms with Gasteiger partial charge in [-0.25, -0.2) is 9.59 Å². The number of carbonyl (C=O) groups is 4. The maximum absolute atomic E-state index is 13.1. The van der Waals surface area contributed by atoms with E-state index < -0.39 is 23.9 Å². The first-order valence-corrected chi connectivity index (χ1v) is 13.8. The highest BCUT2D eigenvalue weighted by Crippen LogP contribution is 2.32. The van der Waals surface area contributed by atoms with Crippen molar-refractivity contribution in [2.75, 3.05) is 11.9 Å². The SMILES string of the molecule is Cc1ccc(CC(=O)Nc2ccc(Cl)c(C(=O)NC(CNC(=O)NC3CCc4ccccc43)C(=O)O)c2Cl)cc1C. The van der Waals surface area contributed by atoms with Gasteiger partial charge in [-0.2, -0.15) is 0 Å². The number of urea groups is 1. The molecule has 0 radical (unpaired) electrons. The molecule has 0 spiro atoms. The van der Waals surface area contributed by atoms with Crippen LogP contribution in [-0.4, -0.2) is 41.5 Å². The van der Waals surface area contributed by atoms with Crippen molar-refractivity contribution < 1.29 is 24.3 Å². The van der Waals surface area contributed by atoms with Crippen molar-refractivity contribution in [3.63, 3.8) is 0 Å². The average molecular weight is 597 g/mol. The molecule has 3 aromatic rings. The Labute approximate surface area is 247 Å². The van der Waals surface area contributed by atoms with Gasteiger partial charge in [0.15, 0.2) is 0 Å². The predicted octanol–water partition coefficient (Wildman–Crippen LogP) is 4.96. The van der Waals surface area contributed by atoms with Crippen LogP contribution in [0.25, 0.3) is 0 Å². The topological polar surface area (TPSA) is 137 Å². The van der Waals surface area contributed by atoms with E-state index in [-0.39, 0.29) is 46.2 Å². The lowest BCUT2D eigenvalue weighted by molar-refractivity contribution is -0.139. The number of carboxylic acids is 1. The Kier molecular flexibility index (Phi) is 9.52. The summed E-state index contributed by atoms with van der Waals surface area (Å²) in [6.45, 7) is 3.55. The van der Waals surface area contributed by atoms with Crippen LogP contribution in [0.1, 0.15) is 50.6 Å². The molecular formula is C30H30Cl2N4O5. The van der Waals surface area contributed by atoms with Gasteiger partial charge in [-0.1, -0.05) is 65.7 Å². The number of amides is 4. The van der Waals surface area contributed by atoms with E-state index >= 15 is 0 Å². The second-order valence-electron chi connectivity index (χ2n) is 9.94. The average Bonchev–Trinajstić information content (AvgIpc) is 3.32. The molecule has 0 aromatic heterocycles. The molecule has 41 heavy (non-hydrogen) atoms. The maximum atomic E-state index is 13.1. The van der Waals surface area contributed by atoms with Gasteiger partial charge in [0, 0.05) is 0 Å². The second-order valence-corrected chi connectivity index (χ2v) is 10.7. The molecule has 9 nitrogen and oxygen atoms in total. The van der Waals surface area contributed by atoms with Gasteiger partial charge in [0.1, 0.15) is 6.04 Å². The molecule has 1 aliphatic rings. The molecule has 0 fully saturated rings. The van der Waals surface area contributed by atoms with Crippen molar-refractivity contribution in [3.8, 4) is 0 Å². The van der Waals surface area contributed by atoms with Crippen molar-refractivity contribution >= 4 is 52.7 Å². The van der Waals surface area contributed by atoms with Gasteiger partial charge in [0.2, 0.25) is 5.91 Å². The summed E-state index contributed by atoms with van der Waals surface area (Å²) in [4.78, 5) is 50.1. The lowest BCUT2D eigenvalue weighted by atomic mass is 10.0. The van der Waals surface area contributed by atoms with Gasteiger partial charge in [0.25, 0.3) is 5.91 Å². The molecule has 4 rings (SSSR count). The Morgan fingerprint density at radius 1 is 1.00 bits per heavy atom. The fourth-order valence-electron chi connectivity index (χ4n) is 4.69. The first-order chi connectivity index (χ1) is 19.5. The molecular weight excluding hydrogens is 567 g/mol. The number of benzene rings is 3. The summed E-state index contributed by atoms with van der Waals surface area (Å²) >= 11 is 12.7. The van der Waals surface area contributed by atoms with Gasteiger partial charge in [-0.05, 0) is 66.6 Å². The number of rotatable bonds is 9. The van der Waals surface area contributed by atoms with Crippen LogP contribution < -0.4 is 21.3 Å². The monoisotopic (exact) mass is 596 g/mol. The van der Waals surface area contributed by atoms with Crippen molar-refractivity contribution in [2.24, 2.45) is 0 Å². The summed E-state index contributed by atoms with van der Waals surface area (Å²) in [5.74, 6) is -2.59. The van der Waals surface area contributed by atoms with Crippen LogP contribution in [0.2, 0.25) is 10.0 Å². The van der Waals surface area contributed by atoms with Crippen molar-refractivity contribution in [1.29, 1.82) is 0 Å². The molecule has 0 saturated carbocycles. The van der Waals surface area contributed by atoms with Crippen LogP contribution in [0.15, 0.2) is 54.6 Å². The molecule has 5 N–H and O–H groups in total. The number of anilines is 1. The standard InChI is InChI=1S/C30H30Cl2N4O5/c1-16-7-8-18(13-17(16)2)14-25(37)34-23-12-10-21(31)26(27(23)32)28(38)35-24(29(39)40)15-33-30(41)36-22-11-9-19-5-3-4-6-20(19)22/h3-8,10,12-13,22,24H,9,11,14-15H2,1-2H3,(H,34,37)(H,35,38)(H,39,40)(H2,33,36,41). The van der Waals surface area contributed by atoms with Crippen LogP contribution in [0.5, 0.6) is 0 Å². The summed E-state index contributed by atoms with van der Waals surface area (Å²) in [5, 5.41) is 19.9. The van der Waals surface area contributed by atoms with Gasteiger partial charge >= 0.3 is 12.0 Å². The third-order valence-electron chi connectivity index (χ3n) is 7.04. The lowest BCUT2D eigenvalue weighted by Crippen LogP contribution is -2.50. The minimum absolute atomic E-state index is 0.0330. The number of carbonyl (C=O) groups excluding carboxylic acids is 3. The number of fused-ring (bicyclic) bond motifs is 1. The molecule has 1 aliphatic carbocycles. The first-order valence-electron chi connectivity index (χ1n) is 13.0. The quantitative estimate of drug-likeness (QED) is 0.238. The Balaban J connectivity index is 1.38. The Morgan fingerprint density at radius 2 is 1.76 bits per heavy atom. The zero-order valence-corrected chi connectivity index (χ0v) is 24.0. The van der Waals surface area contributed by atoms with Gasteiger partial charge in [-0.3, -0.25) is 9.59 Å². The molecule has 11 heteroatoms. The van der Waals surface area contributed by atoms with E-state index in [2.05, 4.69) is 21.3 Å². The summed E-state index contributed by atoms with van der Waals surface area (Å²) < 4.78 is 0. The van der Waals surface area contributed by atoms with E-state index in [1.165, 1.54) is 12.1 Å². The van der Waals surface area contributed by atoms with E-state index in [0.29, 0.717) is 0 Å². The van der Waals surface area contributed by atoms with Crippen molar-refractivity contribution in [3.05, 3.63) is 98.0 Å². The fraction of sp³-hybridized carbons (Fsp3) is 0.267. The molecule has 0 aliphatic heterocycles. The molecule has 0 saturated heterocycles. The minimum atomic E-state index is -1.47. The second kappa shape index (κ2) is 13.1. The summed E-state index contributed by atoms with van der Waals surface area (Å²) in [7, 11) is 0. The van der Waals surface area contributed by atoms with Crippen molar-refractivity contribution in [1.82, 2.24) is 16.0 Å². The van der Waals surface area contributed by atoms with Gasteiger partial charge in [0.05, 0.1) is 40.3 Å². The van der Waals surface area contributed by atoms with E-state index in [1.807, 2.05) is 56.3 Å². The fourth-order valence-corrected chi connectivity index (χ4v) is 5.28. The zero-order chi connectivity index (χ0) is 29.7. The Hall–Kier alpha value is -4.08. The smallest absolute Gasteiger partial charge is 0.328 e. The van der Waals surface area contributed by atoms with Gasteiger partial charge < -0.3 is 26.4 Å². The van der Waals surface area contributed by atoms with E-state index in [9.17, 15) is 24.3 Å². The van der Waals surface area contributed by atoms with E-state index in [1.54, 1.807) is 0 Å².